The highest BCUT2D eigenvalue weighted by atomic mass is 16.2. The zero-order valence-corrected chi connectivity index (χ0v) is 9.39. The molecule has 0 aromatic rings. The van der Waals surface area contributed by atoms with Gasteiger partial charge in [-0.05, 0) is 31.7 Å². The summed E-state index contributed by atoms with van der Waals surface area (Å²) in [7, 11) is 0. The maximum Gasteiger partial charge on any atom is 0.233 e. The molecular formula is C12H18N2O2. The fourth-order valence-electron chi connectivity index (χ4n) is 3.34. The van der Waals surface area contributed by atoms with Crippen molar-refractivity contribution in [3.05, 3.63) is 0 Å². The van der Waals surface area contributed by atoms with E-state index in [1.807, 2.05) is 0 Å². The quantitative estimate of drug-likeness (QED) is 0.692. The van der Waals surface area contributed by atoms with Crippen LogP contribution in [0.2, 0.25) is 0 Å². The topological polar surface area (TPSA) is 63.4 Å². The van der Waals surface area contributed by atoms with Gasteiger partial charge in [0.05, 0.1) is 11.8 Å². The van der Waals surface area contributed by atoms with Crippen LogP contribution in [0.5, 0.6) is 0 Å². The van der Waals surface area contributed by atoms with E-state index in [1.54, 1.807) is 4.90 Å². The van der Waals surface area contributed by atoms with Crippen LogP contribution in [0.3, 0.4) is 0 Å². The Balaban J connectivity index is 1.80. The predicted octanol–water partition coefficient (Wildman–Crippen LogP) is 0.509. The summed E-state index contributed by atoms with van der Waals surface area (Å²) in [6.45, 7) is 0.594. The molecule has 88 valence electrons. The fourth-order valence-corrected chi connectivity index (χ4v) is 3.34. The van der Waals surface area contributed by atoms with E-state index in [0.717, 1.165) is 25.7 Å². The molecule has 1 heterocycles. The van der Waals surface area contributed by atoms with Crippen molar-refractivity contribution in [2.45, 2.75) is 38.1 Å². The third kappa shape index (κ3) is 1.32. The van der Waals surface area contributed by atoms with Crippen molar-refractivity contribution in [3.8, 4) is 0 Å². The van der Waals surface area contributed by atoms with E-state index in [4.69, 9.17) is 5.73 Å². The molecule has 4 atom stereocenters. The second kappa shape index (κ2) is 3.55. The molecule has 2 aliphatic carbocycles. The number of carbonyl (C=O) groups excluding carboxylic acids is 2. The van der Waals surface area contributed by atoms with Gasteiger partial charge in [-0.1, -0.05) is 12.8 Å². The summed E-state index contributed by atoms with van der Waals surface area (Å²) in [5.74, 6) is 0.570. The second-order valence-electron chi connectivity index (χ2n) is 5.34. The Labute approximate surface area is 95.2 Å². The van der Waals surface area contributed by atoms with Crippen molar-refractivity contribution in [2.75, 3.05) is 6.54 Å². The van der Waals surface area contributed by atoms with Crippen molar-refractivity contribution in [1.29, 1.82) is 0 Å². The Bertz CT molecular complexity index is 322. The van der Waals surface area contributed by atoms with E-state index in [-0.39, 0.29) is 29.7 Å². The van der Waals surface area contributed by atoms with Crippen LogP contribution < -0.4 is 5.73 Å². The van der Waals surface area contributed by atoms with E-state index < -0.39 is 0 Å². The van der Waals surface area contributed by atoms with Crippen molar-refractivity contribution in [1.82, 2.24) is 4.90 Å². The molecule has 0 spiro atoms. The summed E-state index contributed by atoms with van der Waals surface area (Å²) in [4.78, 5) is 25.5. The summed E-state index contributed by atoms with van der Waals surface area (Å²) in [5, 5.41) is 0. The van der Waals surface area contributed by atoms with Crippen molar-refractivity contribution < 1.29 is 9.59 Å². The van der Waals surface area contributed by atoms with Gasteiger partial charge in [-0.25, -0.2) is 0 Å². The highest BCUT2D eigenvalue weighted by molar-refractivity contribution is 6.09. The van der Waals surface area contributed by atoms with Crippen molar-refractivity contribution >= 4 is 11.8 Å². The van der Waals surface area contributed by atoms with Crippen LogP contribution in [0, 0.1) is 17.8 Å². The molecular weight excluding hydrogens is 204 g/mol. The molecule has 3 aliphatic rings. The lowest BCUT2D eigenvalue weighted by Crippen LogP contribution is -2.49. The zero-order valence-electron chi connectivity index (χ0n) is 9.39. The predicted molar refractivity (Wildman–Crippen MR) is 58.3 cm³/mol. The molecule has 4 unspecified atom stereocenters. The third-order valence-electron chi connectivity index (χ3n) is 4.40. The maximum atomic E-state index is 12.0. The first-order valence-corrected chi connectivity index (χ1v) is 6.31. The number of hydrogen-bond acceptors (Lipinski definition) is 3. The smallest absolute Gasteiger partial charge is 0.233 e. The number of hydrogen-bond donors (Lipinski definition) is 1. The number of nitrogens with two attached hydrogens (primary N) is 1. The molecule has 1 aliphatic heterocycles. The van der Waals surface area contributed by atoms with Gasteiger partial charge in [0.1, 0.15) is 0 Å². The second-order valence-corrected chi connectivity index (χ2v) is 5.34. The van der Waals surface area contributed by atoms with E-state index in [1.165, 1.54) is 6.42 Å². The average molecular weight is 222 g/mol. The summed E-state index contributed by atoms with van der Waals surface area (Å²) >= 11 is 0. The first-order valence-electron chi connectivity index (χ1n) is 6.31. The molecule has 2 amide bonds. The molecule has 0 aromatic heterocycles. The normalized spacial score (nSPS) is 42.4. The van der Waals surface area contributed by atoms with Crippen LogP contribution in [-0.2, 0) is 9.59 Å². The van der Waals surface area contributed by atoms with Crippen molar-refractivity contribution in [3.63, 3.8) is 0 Å². The number of imide groups is 1. The van der Waals surface area contributed by atoms with Gasteiger partial charge in [0.2, 0.25) is 11.8 Å². The van der Waals surface area contributed by atoms with Gasteiger partial charge >= 0.3 is 0 Å². The van der Waals surface area contributed by atoms with Gasteiger partial charge in [-0.2, -0.15) is 0 Å². The SMILES string of the molecule is NCC1CCCCC1N1C(=O)C2CC2C1=O. The standard InChI is InChI=1S/C12H18N2O2/c13-6-7-3-1-2-4-10(7)14-11(15)8-5-9(8)12(14)16/h7-10H,1-6,13H2. The van der Waals surface area contributed by atoms with E-state index >= 15 is 0 Å². The van der Waals surface area contributed by atoms with Gasteiger partial charge in [0.15, 0.2) is 0 Å². The lowest BCUT2D eigenvalue weighted by atomic mass is 9.83. The molecule has 0 aromatic carbocycles. The molecule has 16 heavy (non-hydrogen) atoms. The van der Waals surface area contributed by atoms with E-state index in [9.17, 15) is 9.59 Å². The van der Waals surface area contributed by atoms with Crippen LogP contribution in [0.4, 0.5) is 0 Å². The Morgan fingerprint density at radius 1 is 1.12 bits per heavy atom. The molecule has 4 nitrogen and oxygen atoms in total. The van der Waals surface area contributed by atoms with Gasteiger partial charge in [-0.3, -0.25) is 14.5 Å². The number of piperidine rings is 1. The Kier molecular flexibility index (Phi) is 2.28. The zero-order chi connectivity index (χ0) is 11.3. The number of fused-ring (bicyclic) bond motifs is 1. The molecule has 3 fully saturated rings. The third-order valence-corrected chi connectivity index (χ3v) is 4.40. The van der Waals surface area contributed by atoms with Crippen LogP contribution in [0.15, 0.2) is 0 Å². The number of amides is 2. The summed E-state index contributed by atoms with van der Waals surface area (Å²) in [6, 6.07) is 0.103. The molecule has 2 N–H and O–H groups in total. The van der Waals surface area contributed by atoms with E-state index in [2.05, 4.69) is 0 Å². The van der Waals surface area contributed by atoms with Gasteiger partial charge < -0.3 is 5.73 Å². The lowest BCUT2D eigenvalue weighted by Gasteiger charge is -2.37. The number of carbonyl (C=O) groups is 2. The first-order chi connectivity index (χ1) is 7.74. The van der Waals surface area contributed by atoms with Crippen LogP contribution >= 0.6 is 0 Å². The highest BCUT2D eigenvalue weighted by Gasteiger charge is 2.60. The Morgan fingerprint density at radius 3 is 2.38 bits per heavy atom. The lowest BCUT2D eigenvalue weighted by molar-refractivity contribution is -0.146. The molecule has 1 saturated heterocycles. The highest BCUT2D eigenvalue weighted by Crippen LogP contribution is 2.49. The minimum atomic E-state index is 0.0350. The molecule has 2 saturated carbocycles. The van der Waals surface area contributed by atoms with Gasteiger partial charge in [-0.15, -0.1) is 0 Å². The molecule has 4 heteroatoms. The Morgan fingerprint density at radius 2 is 1.75 bits per heavy atom. The molecule has 0 radical (unpaired) electrons. The van der Waals surface area contributed by atoms with Crippen LogP contribution in [0.1, 0.15) is 32.1 Å². The average Bonchev–Trinajstić information content (AvgIpc) is 3.05. The van der Waals surface area contributed by atoms with Crippen LogP contribution in [0.25, 0.3) is 0 Å². The number of nitrogens with zero attached hydrogens (tertiary/aromatic N) is 1. The number of rotatable bonds is 2. The van der Waals surface area contributed by atoms with Gasteiger partial charge in [0, 0.05) is 6.04 Å². The van der Waals surface area contributed by atoms with Crippen molar-refractivity contribution in [2.24, 2.45) is 23.5 Å². The Hall–Kier alpha value is -0.900. The first kappa shape index (κ1) is 10.3. The summed E-state index contributed by atoms with van der Waals surface area (Å²) < 4.78 is 0. The molecule has 0 bridgehead atoms. The van der Waals surface area contributed by atoms with Crippen LogP contribution in [-0.4, -0.2) is 29.3 Å². The van der Waals surface area contributed by atoms with E-state index in [0.29, 0.717) is 12.5 Å². The monoisotopic (exact) mass is 222 g/mol. The minimum absolute atomic E-state index is 0.0350. The fraction of sp³-hybridized carbons (Fsp3) is 0.833. The van der Waals surface area contributed by atoms with Gasteiger partial charge in [0.25, 0.3) is 0 Å². The maximum absolute atomic E-state index is 12.0. The summed E-state index contributed by atoms with van der Waals surface area (Å²) in [6.07, 6.45) is 5.12. The summed E-state index contributed by atoms with van der Waals surface area (Å²) in [5.41, 5.74) is 5.75. The number of likely N-dealkylation sites (tertiary alicyclic amines) is 1. The molecule has 3 rings (SSSR count). The largest absolute Gasteiger partial charge is 0.330 e. The minimum Gasteiger partial charge on any atom is -0.330 e.